The Morgan fingerprint density at radius 3 is 2.73 bits per heavy atom. The molecule has 0 aliphatic heterocycles. The molecule has 0 spiro atoms. The number of aromatic nitrogens is 1. The summed E-state index contributed by atoms with van der Waals surface area (Å²) in [5.41, 5.74) is -0.284. The largest absolute Gasteiger partial charge is 0.494 e. The smallest absolute Gasteiger partial charge is 0.308 e. The van der Waals surface area contributed by atoms with Gasteiger partial charge in [0.05, 0.1) is 30.2 Å². The molecule has 8 heteroatoms. The fourth-order valence-electron chi connectivity index (χ4n) is 2.01. The summed E-state index contributed by atoms with van der Waals surface area (Å²) >= 11 is 0. The number of methoxy groups -OCH3 is 1. The quantitative estimate of drug-likeness (QED) is 0.659. The molecule has 1 aromatic carbocycles. The Labute approximate surface area is 124 Å². The van der Waals surface area contributed by atoms with E-state index in [0.29, 0.717) is 5.69 Å². The Hall–Kier alpha value is -3.16. The molecule has 0 unspecified atom stereocenters. The first kappa shape index (κ1) is 15.2. The molecular formula is C14H12N2O6. The molecule has 0 aliphatic carbocycles. The van der Waals surface area contributed by atoms with Crippen molar-refractivity contribution >= 4 is 11.7 Å². The molecule has 1 N–H and O–H groups in total. The maximum Gasteiger partial charge on any atom is 0.308 e. The molecule has 0 atom stereocenters. The van der Waals surface area contributed by atoms with Crippen molar-refractivity contribution in [3.8, 4) is 11.4 Å². The van der Waals surface area contributed by atoms with Gasteiger partial charge in [0, 0.05) is 17.8 Å². The highest BCUT2D eigenvalue weighted by Gasteiger charge is 2.15. The number of pyridine rings is 1. The molecule has 8 nitrogen and oxygen atoms in total. The van der Waals surface area contributed by atoms with Crippen LogP contribution in [0.1, 0.15) is 5.56 Å². The lowest BCUT2D eigenvalue weighted by Crippen LogP contribution is -2.23. The summed E-state index contributed by atoms with van der Waals surface area (Å²) in [6.45, 7) is 0. The fraction of sp³-hybridized carbons (Fsp3) is 0.143. The van der Waals surface area contributed by atoms with Gasteiger partial charge >= 0.3 is 5.97 Å². The van der Waals surface area contributed by atoms with Crippen molar-refractivity contribution in [2.45, 2.75) is 6.42 Å². The van der Waals surface area contributed by atoms with Gasteiger partial charge < -0.3 is 9.84 Å². The minimum absolute atomic E-state index is 0.107. The molecule has 2 rings (SSSR count). The SMILES string of the molecule is COc1cc([N+](=O)[O-])ccc1-n1cccc(CC(=O)O)c1=O. The van der Waals surface area contributed by atoms with Crippen molar-refractivity contribution in [3.05, 3.63) is 62.6 Å². The Morgan fingerprint density at radius 2 is 2.14 bits per heavy atom. The minimum atomic E-state index is -1.12. The summed E-state index contributed by atoms with van der Waals surface area (Å²) in [6.07, 6.45) is 1.03. The molecule has 2 aromatic rings. The number of rotatable bonds is 5. The van der Waals surface area contributed by atoms with Gasteiger partial charge in [0.15, 0.2) is 0 Å². The summed E-state index contributed by atoms with van der Waals surface area (Å²) in [6, 6.07) is 6.77. The van der Waals surface area contributed by atoms with Crippen molar-refractivity contribution in [3.63, 3.8) is 0 Å². The maximum absolute atomic E-state index is 12.3. The summed E-state index contributed by atoms with van der Waals surface area (Å²) in [4.78, 5) is 33.3. The zero-order chi connectivity index (χ0) is 16.3. The fourth-order valence-corrected chi connectivity index (χ4v) is 2.01. The summed E-state index contributed by atoms with van der Waals surface area (Å²) in [7, 11) is 1.33. The number of carboxylic acid groups (broad SMARTS) is 1. The number of nitrogens with zero attached hydrogens (tertiary/aromatic N) is 2. The van der Waals surface area contributed by atoms with Crippen LogP contribution >= 0.6 is 0 Å². The molecule has 0 radical (unpaired) electrons. The van der Waals surface area contributed by atoms with Crippen LogP contribution in [-0.4, -0.2) is 27.7 Å². The number of carbonyl (C=O) groups is 1. The first-order valence-electron chi connectivity index (χ1n) is 6.19. The number of carboxylic acids is 1. The van der Waals surface area contributed by atoms with Gasteiger partial charge in [-0.3, -0.25) is 24.3 Å². The van der Waals surface area contributed by atoms with E-state index in [1.54, 1.807) is 0 Å². The molecule has 0 bridgehead atoms. The van der Waals surface area contributed by atoms with Crippen LogP contribution < -0.4 is 10.3 Å². The Kier molecular flexibility index (Phi) is 4.21. The highest BCUT2D eigenvalue weighted by molar-refractivity contribution is 5.70. The van der Waals surface area contributed by atoms with Crippen LogP contribution in [0.15, 0.2) is 41.3 Å². The predicted molar refractivity (Wildman–Crippen MR) is 76.6 cm³/mol. The first-order chi connectivity index (χ1) is 10.4. The van der Waals surface area contributed by atoms with Crippen molar-refractivity contribution in [1.29, 1.82) is 0 Å². The van der Waals surface area contributed by atoms with Crippen molar-refractivity contribution < 1.29 is 19.6 Å². The van der Waals surface area contributed by atoms with E-state index in [9.17, 15) is 19.7 Å². The van der Waals surface area contributed by atoms with Crippen molar-refractivity contribution in [1.82, 2.24) is 4.57 Å². The van der Waals surface area contributed by atoms with E-state index in [0.717, 1.165) is 0 Å². The van der Waals surface area contributed by atoms with Gasteiger partial charge in [-0.2, -0.15) is 0 Å². The molecule has 0 saturated carbocycles. The van der Waals surface area contributed by atoms with Crippen LogP contribution in [0.4, 0.5) is 5.69 Å². The van der Waals surface area contributed by atoms with Gasteiger partial charge in [0.1, 0.15) is 5.75 Å². The third-order valence-electron chi connectivity index (χ3n) is 3.00. The van der Waals surface area contributed by atoms with Crippen LogP contribution in [0.3, 0.4) is 0 Å². The highest BCUT2D eigenvalue weighted by Crippen LogP contribution is 2.26. The normalized spacial score (nSPS) is 10.2. The minimum Gasteiger partial charge on any atom is -0.494 e. The number of non-ortho nitro benzene ring substituents is 1. The number of nitro groups is 1. The van der Waals surface area contributed by atoms with E-state index in [1.807, 2.05) is 0 Å². The lowest BCUT2D eigenvalue weighted by atomic mass is 10.2. The topological polar surface area (TPSA) is 112 Å². The number of hydrogen-bond acceptors (Lipinski definition) is 5. The van der Waals surface area contributed by atoms with Crippen LogP contribution in [0, 0.1) is 10.1 Å². The first-order valence-corrected chi connectivity index (χ1v) is 6.19. The molecule has 0 aliphatic rings. The van der Waals surface area contributed by atoms with Gasteiger partial charge in [0.2, 0.25) is 0 Å². The molecule has 0 saturated heterocycles. The van der Waals surface area contributed by atoms with E-state index in [-0.39, 0.29) is 17.0 Å². The average molecular weight is 304 g/mol. The summed E-state index contributed by atoms with van der Waals surface area (Å²) in [5.74, 6) is -0.978. The van der Waals surface area contributed by atoms with Crippen molar-refractivity contribution in [2.24, 2.45) is 0 Å². The number of hydrogen-bond donors (Lipinski definition) is 1. The maximum atomic E-state index is 12.3. The molecule has 0 fully saturated rings. The molecule has 1 aromatic heterocycles. The Bertz CT molecular complexity index is 796. The average Bonchev–Trinajstić information content (AvgIpc) is 2.48. The van der Waals surface area contributed by atoms with Gasteiger partial charge in [-0.1, -0.05) is 6.07 Å². The van der Waals surface area contributed by atoms with E-state index < -0.39 is 22.9 Å². The Morgan fingerprint density at radius 1 is 1.41 bits per heavy atom. The molecule has 0 amide bonds. The number of aliphatic carboxylic acids is 1. The monoisotopic (exact) mass is 304 g/mol. The standard InChI is InChI=1S/C14H12N2O6/c1-22-12-8-10(16(20)21)4-5-11(12)15-6-2-3-9(14(15)19)7-13(17)18/h2-6,8H,7H2,1H3,(H,17,18). The summed E-state index contributed by atoms with van der Waals surface area (Å²) in [5, 5.41) is 19.6. The van der Waals surface area contributed by atoms with Crippen LogP contribution in [0.2, 0.25) is 0 Å². The van der Waals surface area contributed by atoms with Gasteiger partial charge in [-0.05, 0) is 12.1 Å². The van der Waals surface area contributed by atoms with E-state index in [4.69, 9.17) is 9.84 Å². The highest BCUT2D eigenvalue weighted by atomic mass is 16.6. The second kappa shape index (κ2) is 6.08. The predicted octanol–water partition coefficient (Wildman–Crippen LogP) is 1.38. The van der Waals surface area contributed by atoms with Crippen LogP contribution in [0.25, 0.3) is 5.69 Å². The van der Waals surface area contributed by atoms with Gasteiger partial charge in [0.25, 0.3) is 11.2 Å². The van der Waals surface area contributed by atoms with Gasteiger partial charge in [-0.25, -0.2) is 0 Å². The molecule has 22 heavy (non-hydrogen) atoms. The molecule has 114 valence electrons. The zero-order valence-electron chi connectivity index (χ0n) is 11.6. The second-order valence-electron chi connectivity index (χ2n) is 4.39. The van der Waals surface area contributed by atoms with Gasteiger partial charge in [-0.15, -0.1) is 0 Å². The van der Waals surface area contributed by atoms with Crippen LogP contribution in [-0.2, 0) is 11.2 Å². The molecular weight excluding hydrogens is 292 g/mol. The van der Waals surface area contributed by atoms with E-state index >= 15 is 0 Å². The lowest BCUT2D eigenvalue weighted by Gasteiger charge is -2.11. The van der Waals surface area contributed by atoms with E-state index in [2.05, 4.69) is 0 Å². The van der Waals surface area contributed by atoms with E-state index in [1.165, 1.54) is 48.2 Å². The lowest BCUT2D eigenvalue weighted by molar-refractivity contribution is -0.384. The third-order valence-corrected chi connectivity index (χ3v) is 3.00. The number of nitro benzene ring substituents is 1. The number of benzene rings is 1. The Balaban J connectivity index is 2.59. The second-order valence-corrected chi connectivity index (χ2v) is 4.39. The third kappa shape index (κ3) is 2.95. The zero-order valence-corrected chi connectivity index (χ0v) is 11.6. The van der Waals surface area contributed by atoms with Crippen molar-refractivity contribution in [2.75, 3.05) is 7.11 Å². The number of ether oxygens (including phenoxy) is 1. The molecule has 1 heterocycles. The summed E-state index contributed by atoms with van der Waals surface area (Å²) < 4.78 is 6.28. The van der Waals surface area contributed by atoms with Crippen LogP contribution in [0.5, 0.6) is 5.75 Å².